The summed E-state index contributed by atoms with van der Waals surface area (Å²) >= 11 is 0. The maximum Gasteiger partial charge on any atom is 0.472 e. The van der Waals surface area contributed by atoms with Crippen LogP contribution in [0.1, 0.15) is 316 Å². The molecule has 0 bridgehead atoms. The van der Waals surface area contributed by atoms with Gasteiger partial charge >= 0.3 is 33.6 Å². The summed E-state index contributed by atoms with van der Waals surface area (Å²) < 4.78 is 61.2. The van der Waals surface area contributed by atoms with Gasteiger partial charge in [0.2, 0.25) is 0 Å². The predicted molar refractivity (Wildman–Crippen MR) is 426 cm³/mol. The quantitative estimate of drug-likeness (QED) is 0.0146. The summed E-state index contributed by atoms with van der Waals surface area (Å²) in [5, 5.41) is 20.6. The average Bonchev–Trinajstić information content (AvgIpc) is 0.918. The minimum absolute atomic E-state index is 0.0880. The van der Waals surface area contributed by atoms with E-state index in [2.05, 4.69) is 167 Å². The number of aliphatic hydroxyl groups is 2. The molecule has 5 atom stereocenters. The molecule has 0 fully saturated rings. The zero-order valence-corrected chi connectivity index (χ0v) is 66.2. The molecule has 0 spiro atoms. The second-order valence-electron chi connectivity index (χ2n) is 26.5. The SMILES string of the molecule is CC/C=C\C/C=C\C/C=C\C/C=C\C/C=C\C/C=C\CCCCCCCCC(=O)OCC(COP(=O)(O)OCC(O)COP(=O)(O)OCC(O)COC(=O)CCCCCCCCCCCCC/C=C\C/C=C\C/C=C\C/C=C\C/C=C\CC)OC(=O)CCCCCCC/C=C\CCCCCCCC. The van der Waals surface area contributed by atoms with Crippen LogP contribution in [0.4, 0.5) is 0 Å². The van der Waals surface area contributed by atoms with E-state index in [0.29, 0.717) is 19.3 Å². The lowest BCUT2D eigenvalue weighted by Crippen LogP contribution is -2.30. The highest BCUT2D eigenvalue weighted by Crippen LogP contribution is 2.45. The van der Waals surface area contributed by atoms with Crippen molar-refractivity contribution in [3.05, 3.63) is 146 Å². The first kappa shape index (κ1) is 98.4. The number of esters is 3. The van der Waals surface area contributed by atoms with Crippen LogP contribution in [0.15, 0.2) is 146 Å². The lowest BCUT2D eigenvalue weighted by atomic mass is 10.0. The second kappa shape index (κ2) is 77.1. The first-order valence-electron chi connectivity index (χ1n) is 40.1. The fourth-order valence-corrected chi connectivity index (χ4v) is 12.1. The fraction of sp³-hybridized carbons (Fsp3) is 0.682. The van der Waals surface area contributed by atoms with Crippen molar-refractivity contribution < 1.29 is 75.8 Å². The highest BCUT2D eigenvalue weighted by atomic mass is 31.2. The molecule has 5 unspecified atom stereocenters. The normalized spacial score (nSPS) is 14.7. The minimum Gasteiger partial charge on any atom is -0.463 e. The molecule has 0 aromatic carbocycles. The monoisotopic (exact) mass is 1480 g/mol. The Morgan fingerprint density at radius 3 is 0.825 bits per heavy atom. The predicted octanol–water partition coefficient (Wildman–Crippen LogP) is 23.7. The number of unbranched alkanes of at least 4 members (excludes halogenated alkanes) is 28. The maximum atomic E-state index is 13.0. The van der Waals surface area contributed by atoms with Crippen molar-refractivity contribution in [2.45, 2.75) is 334 Å². The van der Waals surface area contributed by atoms with Crippen LogP contribution >= 0.6 is 15.6 Å². The molecule has 18 heteroatoms. The molecule has 0 radical (unpaired) electrons. The molecule has 0 aromatic rings. The van der Waals surface area contributed by atoms with Gasteiger partial charge in [-0.15, -0.1) is 0 Å². The van der Waals surface area contributed by atoms with Crippen LogP contribution in [-0.2, 0) is 55.8 Å². The Bertz CT molecular complexity index is 2450. The Kier molecular flexibility index (Phi) is 73.6. The molecule has 0 saturated heterocycles. The van der Waals surface area contributed by atoms with E-state index in [1.165, 1.54) is 83.5 Å². The molecule has 16 nitrogen and oxygen atoms in total. The fourth-order valence-electron chi connectivity index (χ4n) is 10.5. The number of aliphatic hydroxyl groups excluding tert-OH is 2. The highest BCUT2D eigenvalue weighted by Gasteiger charge is 2.29. The van der Waals surface area contributed by atoms with Crippen molar-refractivity contribution in [1.29, 1.82) is 0 Å². The number of hydrogen-bond acceptors (Lipinski definition) is 14. The average molecular weight is 1480 g/mol. The van der Waals surface area contributed by atoms with E-state index < -0.39 is 91.5 Å². The summed E-state index contributed by atoms with van der Waals surface area (Å²) in [6.45, 7) is 2.43. The molecule has 0 aliphatic carbocycles. The van der Waals surface area contributed by atoms with Crippen molar-refractivity contribution in [2.24, 2.45) is 0 Å². The zero-order chi connectivity index (χ0) is 75.2. The molecule has 0 aliphatic heterocycles. The van der Waals surface area contributed by atoms with Gasteiger partial charge in [0.25, 0.3) is 0 Å². The van der Waals surface area contributed by atoms with Gasteiger partial charge in [0, 0.05) is 19.3 Å². The van der Waals surface area contributed by atoms with Gasteiger partial charge in [0.15, 0.2) is 6.10 Å². The Labute approximate surface area is 626 Å². The standard InChI is InChI=1S/C85H144O16P2/c1-4-7-10-13-16-19-22-25-28-30-32-34-36-38-39-41-43-44-46-48-51-53-56-59-62-65-68-71-83(88)95-74-80(86)75-97-102(91,92)98-76-81(87)77-99-103(93,94)100-79-82(101-85(90)73-70-67-64-61-58-55-50-27-24-21-18-15-12-9-6-3)78-96-84(89)72-69-66-63-60-57-54-52-49-47-45-42-40-37-35-33-31-29-26-23-20-17-14-11-8-5-2/h7-8,10-11,16-17,19-20,25-29,32-35,38-40,42,47,49-50,80-82,86-87H,4-6,9,12-15,18,21-24,30-31,36-37,41,43-46,48,51-79H2,1-3H3,(H,91,92)(H,93,94)/b10-7-,11-8-,19-16-,20-17-,28-25-,29-26-,34-32-,35-33-,39-38-,42-40-,49-47-,50-27-. The number of phosphoric ester groups is 2. The molecule has 103 heavy (non-hydrogen) atoms. The molecule has 590 valence electrons. The lowest BCUT2D eigenvalue weighted by molar-refractivity contribution is -0.161. The number of rotatable bonds is 75. The van der Waals surface area contributed by atoms with Crippen molar-refractivity contribution in [1.82, 2.24) is 0 Å². The van der Waals surface area contributed by atoms with Crippen LogP contribution in [0, 0.1) is 0 Å². The molecule has 0 aromatic heterocycles. The van der Waals surface area contributed by atoms with E-state index in [9.17, 15) is 43.5 Å². The van der Waals surface area contributed by atoms with Gasteiger partial charge in [0.05, 0.1) is 26.4 Å². The van der Waals surface area contributed by atoms with Crippen LogP contribution in [0.25, 0.3) is 0 Å². The van der Waals surface area contributed by atoms with E-state index in [4.69, 9.17) is 32.3 Å². The summed E-state index contributed by atoms with van der Waals surface area (Å²) in [5.41, 5.74) is 0. The van der Waals surface area contributed by atoms with E-state index in [-0.39, 0.29) is 19.3 Å². The topological polar surface area (TPSA) is 231 Å². The number of allylic oxidation sites excluding steroid dienone is 24. The third kappa shape index (κ3) is 78.3. The maximum absolute atomic E-state index is 13.0. The summed E-state index contributed by atoms with van der Waals surface area (Å²) in [7, 11) is -9.80. The molecule has 0 aliphatic rings. The van der Waals surface area contributed by atoms with Crippen molar-refractivity contribution in [3.63, 3.8) is 0 Å². The van der Waals surface area contributed by atoms with Crippen LogP contribution < -0.4 is 0 Å². The van der Waals surface area contributed by atoms with E-state index in [1.807, 2.05) is 0 Å². The van der Waals surface area contributed by atoms with Gasteiger partial charge in [-0.05, 0) is 141 Å². The van der Waals surface area contributed by atoms with E-state index >= 15 is 0 Å². The zero-order valence-electron chi connectivity index (χ0n) is 64.4. The Hall–Kier alpha value is -4.57. The summed E-state index contributed by atoms with van der Waals surface area (Å²) in [6, 6.07) is 0. The first-order chi connectivity index (χ1) is 50.2. The highest BCUT2D eigenvalue weighted by molar-refractivity contribution is 7.47. The Morgan fingerprint density at radius 2 is 0.515 bits per heavy atom. The number of ether oxygens (including phenoxy) is 3. The van der Waals surface area contributed by atoms with E-state index in [1.54, 1.807) is 0 Å². The van der Waals surface area contributed by atoms with Gasteiger partial charge in [0.1, 0.15) is 25.4 Å². The third-order valence-corrected chi connectivity index (χ3v) is 18.4. The van der Waals surface area contributed by atoms with Gasteiger partial charge in [-0.1, -0.05) is 301 Å². The van der Waals surface area contributed by atoms with Crippen LogP contribution in [0.5, 0.6) is 0 Å². The lowest BCUT2D eigenvalue weighted by Gasteiger charge is -2.21. The summed E-state index contributed by atoms with van der Waals surface area (Å²) in [5.74, 6) is -1.60. The Morgan fingerprint density at radius 1 is 0.282 bits per heavy atom. The van der Waals surface area contributed by atoms with Gasteiger partial charge in [-0.2, -0.15) is 0 Å². The molecule has 0 saturated carbocycles. The summed E-state index contributed by atoms with van der Waals surface area (Å²) in [6.07, 6.45) is 94.6. The molecular formula is C85H144O16P2. The molecule has 0 amide bonds. The van der Waals surface area contributed by atoms with Crippen LogP contribution in [0.2, 0.25) is 0 Å². The smallest absolute Gasteiger partial charge is 0.463 e. The molecular weight excluding hydrogens is 1340 g/mol. The van der Waals surface area contributed by atoms with Crippen molar-refractivity contribution in [2.75, 3.05) is 39.6 Å². The molecule has 0 rings (SSSR count). The van der Waals surface area contributed by atoms with Crippen molar-refractivity contribution in [3.8, 4) is 0 Å². The number of hydrogen-bond donors (Lipinski definition) is 4. The van der Waals surface area contributed by atoms with Crippen molar-refractivity contribution >= 4 is 33.6 Å². The molecule has 4 N–H and O–H groups in total. The van der Waals surface area contributed by atoms with Gasteiger partial charge < -0.3 is 34.2 Å². The van der Waals surface area contributed by atoms with Gasteiger partial charge in [-0.25, -0.2) is 9.13 Å². The largest absolute Gasteiger partial charge is 0.472 e. The summed E-state index contributed by atoms with van der Waals surface area (Å²) in [4.78, 5) is 58.7. The van der Waals surface area contributed by atoms with E-state index in [0.717, 1.165) is 173 Å². The van der Waals surface area contributed by atoms with Crippen LogP contribution in [-0.4, -0.2) is 95.9 Å². The second-order valence-corrected chi connectivity index (χ2v) is 29.4. The number of phosphoric acid groups is 2. The minimum atomic E-state index is -4.94. The Balaban J connectivity index is 4.60. The van der Waals surface area contributed by atoms with Crippen LogP contribution in [0.3, 0.4) is 0 Å². The number of carbonyl (C=O) groups is 3. The first-order valence-corrected chi connectivity index (χ1v) is 43.1. The molecule has 0 heterocycles. The third-order valence-electron chi connectivity index (χ3n) is 16.5. The van der Waals surface area contributed by atoms with Gasteiger partial charge in [-0.3, -0.25) is 32.5 Å². The number of carbonyl (C=O) groups excluding carboxylic acids is 3.